The summed E-state index contributed by atoms with van der Waals surface area (Å²) >= 11 is 0. The van der Waals surface area contributed by atoms with Crippen LogP contribution in [0.4, 0.5) is 0 Å². The van der Waals surface area contributed by atoms with Crippen LogP contribution in [0, 0.1) is 0 Å². The number of rotatable bonds is 22. The van der Waals surface area contributed by atoms with Crippen molar-refractivity contribution in [3.63, 3.8) is 0 Å². The van der Waals surface area contributed by atoms with Gasteiger partial charge in [-0.1, -0.05) is 361 Å². The van der Waals surface area contributed by atoms with Crippen LogP contribution >= 0.6 is 0 Å². The minimum absolute atomic E-state index is 0.179. The molecule has 0 N–H and O–H groups in total. The Morgan fingerprint density at radius 3 is 0.957 bits per heavy atom. The molecule has 16 aromatic carbocycles. The lowest BCUT2D eigenvalue weighted by molar-refractivity contribution is 0.398. The Morgan fingerprint density at radius 1 is 0.205 bits per heavy atom. The maximum atomic E-state index is 6.64. The van der Waals surface area contributed by atoms with Crippen LogP contribution in [0.2, 0.25) is 0 Å². The quantitative estimate of drug-likeness (QED) is 0.0632. The summed E-state index contributed by atoms with van der Waals surface area (Å²) in [4.78, 5) is 0. The summed E-state index contributed by atoms with van der Waals surface area (Å²) in [5, 5.41) is 9.80. The summed E-state index contributed by atoms with van der Waals surface area (Å²) < 4.78 is 13.3. The highest BCUT2D eigenvalue weighted by Gasteiger charge is 2.49. The van der Waals surface area contributed by atoms with Crippen LogP contribution in [-0.2, 0) is 16.2 Å². The van der Waals surface area contributed by atoms with E-state index in [1.165, 1.54) is 221 Å². The first kappa shape index (κ1) is 72.3. The highest BCUT2D eigenvalue weighted by Crippen LogP contribution is 2.64. The van der Waals surface area contributed by atoms with Gasteiger partial charge in [0.15, 0.2) is 0 Å². The van der Waals surface area contributed by atoms with Gasteiger partial charge in [0.2, 0.25) is 0 Å². The molecule has 2 heteroatoms. The van der Waals surface area contributed by atoms with Crippen molar-refractivity contribution >= 4 is 65.4 Å². The lowest BCUT2D eigenvalue weighted by Crippen LogP contribution is -2.26. The van der Waals surface area contributed by atoms with Crippen molar-refractivity contribution in [1.82, 2.24) is 0 Å². The molecule has 2 heterocycles. The number of hydrogen-bond acceptors (Lipinski definition) is 2. The number of para-hydroxylation sites is 4. The average molecular weight is 1510 g/mol. The molecule has 3 aliphatic rings. The highest BCUT2D eigenvalue weighted by atomic mass is 16.3. The van der Waals surface area contributed by atoms with Gasteiger partial charge in [0.25, 0.3) is 0 Å². The molecule has 3 aliphatic carbocycles. The number of unbranched alkanes of at least 4 members (excludes halogenated alkanes) is 10. The lowest BCUT2D eigenvalue weighted by atomic mass is 9.69. The van der Waals surface area contributed by atoms with E-state index in [4.69, 9.17) is 8.83 Å². The molecule has 21 rings (SSSR count). The van der Waals surface area contributed by atoms with E-state index in [2.05, 4.69) is 357 Å². The molecule has 570 valence electrons. The van der Waals surface area contributed by atoms with Gasteiger partial charge >= 0.3 is 0 Å². The lowest BCUT2D eigenvalue weighted by Gasteiger charge is -2.34. The van der Waals surface area contributed by atoms with Crippen LogP contribution in [0.1, 0.15) is 165 Å². The van der Waals surface area contributed by atoms with Crippen molar-refractivity contribution in [2.45, 2.75) is 148 Å². The standard InChI is InChI=1S/C115H98O2/c1-7-9-11-13-15-31-61-115(62-32-16-14-12-10-8-2)103-71-99-101(113(3,4)105-67-95(85-45-23-25-49-89(85)109(99)105)79-57-59-81(93(65-79)73-37-19-17-20-38-73)75-41-33-43-77(63-75)83-51-35-53-91-87-47-27-29-55-107(87)116-111(83)91)69-97(103)98-70-102-100(72-104(98)115)110-90-50-26-24-46-86(90)96(68-106(110)114(102,5)6)80-58-60-82(94(66-80)74-39-21-18-22-40-74)76-42-34-44-78(64-76)84-52-36-54-92-88-48-28-30-56-108(88)117-112(84)92/h17-30,33-60,63-72H,7-16,31-32,61-62H2,1-6H3. The molecule has 0 saturated heterocycles. The largest absolute Gasteiger partial charge is 0.455 e. The fourth-order valence-corrected chi connectivity index (χ4v) is 21.5. The molecule has 2 nitrogen and oxygen atoms in total. The minimum Gasteiger partial charge on any atom is -0.455 e. The minimum atomic E-state index is -0.316. The van der Waals surface area contributed by atoms with Crippen molar-refractivity contribution in [3.05, 3.63) is 349 Å². The van der Waals surface area contributed by atoms with Gasteiger partial charge in [0.1, 0.15) is 22.3 Å². The van der Waals surface area contributed by atoms with Gasteiger partial charge in [-0.25, -0.2) is 0 Å². The van der Waals surface area contributed by atoms with Crippen molar-refractivity contribution < 1.29 is 8.83 Å². The number of hydrogen-bond donors (Lipinski definition) is 0. The molecule has 2 aromatic heterocycles. The first-order valence-electron chi connectivity index (χ1n) is 43.4. The van der Waals surface area contributed by atoms with E-state index in [9.17, 15) is 0 Å². The fourth-order valence-electron chi connectivity index (χ4n) is 21.5. The summed E-state index contributed by atoms with van der Waals surface area (Å²) in [6, 6.07) is 120. The zero-order valence-electron chi connectivity index (χ0n) is 68.2. The summed E-state index contributed by atoms with van der Waals surface area (Å²) in [5.74, 6) is 0. The van der Waals surface area contributed by atoms with E-state index in [-0.39, 0.29) is 16.2 Å². The van der Waals surface area contributed by atoms with E-state index in [0.29, 0.717) is 0 Å². The Balaban J connectivity index is 0.697. The van der Waals surface area contributed by atoms with Gasteiger partial charge in [0.05, 0.1) is 0 Å². The van der Waals surface area contributed by atoms with Crippen LogP contribution in [0.3, 0.4) is 0 Å². The highest BCUT2D eigenvalue weighted by molar-refractivity contribution is 6.15. The van der Waals surface area contributed by atoms with Gasteiger partial charge in [-0.05, 0) is 252 Å². The molecule has 18 aromatic rings. The van der Waals surface area contributed by atoms with Gasteiger partial charge in [-0.15, -0.1) is 0 Å². The van der Waals surface area contributed by atoms with Crippen molar-refractivity contribution in [2.24, 2.45) is 0 Å². The zero-order valence-corrected chi connectivity index (χ0v) is 68.2. The van der Waals surface area contributed by atoms with Crippen LogP contribution in [0.15, 0.2) is 324 Å². The molecule has 0 unspecified atom stereocenters. The van der Waals surface area contributed by atoms with Crippen molar-refractivity contribution in [2.75, 3.05) is 0 Å². The normalized spacial score (nSPS) is 13.9. The van der Waals surface area contributed by atoms with E-state index in [1.807, 2.05) is 0 Å². The summed E-state index contributed by atoms with van der Waals surface area (Å²) in [5.41, 5.74) is 39.2. The van der Waals surface area contributed by atoms with E-state index >= 15 is 0 Å². The number of fused-ring (bicyclic) bond motifs is 19. The molecule has 117 heavy (non-hydrogen) atoms. The molecule has 0 radical (unpaired) electrons. The molecular weight excluding hydrogens is 1410 g/mol. The summed E-state index contributed by atoms with van der Waals surface area (Å²) in [6.45, 7) is 14.8. The van der Waals surface area contributed by atoms with Crippen molar-refractivity contribution in [3.8, 4) is 122 Å². The van der Waals surface area contributed by atoms with E-state index < -0.39 is 0 Å². The molecule has 0 saturated carbocycles. The molecule has 0 fully saturated rings. The molecule has 0 amide bonds. The average Bonchev–Trinajstić information content (AvgIpc) is 1.51. The van der Waals surface area contributed by atoms with Crippen LogP contribution in [-0.4, -0.2) is 0 Å². The second-order valence-electron chi connectivity index (χ2n) is 35.0. The third kappa shape index (κ3) is 11.9. The Morgan fingerprint density at radius 2 is 0.530 bits per heavy atom. The van der Waals surface area contributed by atoms with Gasteiger partial charge in [-0.2, -0.15) is 0 Å². The Bertz CT molecular complexity index is 6550. The predicted octanol–water partition coefficient (Wildman–Crippen LogP) is 33.5. The monoisotopic (exact) mass is 1510 g/mol. The molecule has 0 aliphatic heterocycles. The first-order chi connectivity index (χ1) is 57.4. The van der Waals surface area contributed by atoms with Crippen LogP contribution in [0.5, 0.6) is 0 Å². The molecule has 0 bridgehead atoms. The Labute approximate surface area is 688 Å². The third-order valence-electron chi connectivity index (χ3n) is 27.5. The zero-order chi connectivity index (χ0) is 78.7. The number of benzene rings is 16. The Kier molecular flexibility index (Phi) is 18.0. The van der Waals surface area contributed by atoms with Crippen LogP contribution < -0.4 is 0 Å². The van der Waals surface area contributed by atoms with Crippen LogP contribution in [0.25, 0.3) is 188 Å². The fraction of sp³-hybridized carbons (Fsp3) is 0.200. The van der Waals surface area contributed by atoms with Gasteiger partial charge in [-0.3, -0.25) is 0 Å². The molecule has 0 atom stereocenters. The summed E-state index contributed by atoms with van der Waals surface area (Å²) in [7, 11) is 0. The predicted molar refractivity (Wildman–Crippen MR) is 497 cm³/mol. The smallest absolute Gasteiger partial charge is 0.143 e. The summed E-state index contributed by atoms with van der Waals surface area (Å²) in [6.07, 6.45) is 17.5. The maximum Gasteiger partial charge on any atom is 0.143 e. The second kappa shape index (κ2) is 29.1. The second-order valence-corrected chi connectivity index (χ2v) is 35.0. The molecule has 0 spiro atoms. The van der Waals surface area contributed by atoms with Gasteiger partial charge < -0.3 is 8.83 Å². The van der Waals surface area contributed by atoms with Gasteiger partial charge in [0, 0.05) is 48.9 Å². The van der Waals surface area contributed by atoms with Crippen molar-refractivity contribution in [1.29, 1.82) is 0 Å². The Hall–Kier alpha value is -12.4. The molecular formula is C115H98O2. The van der Waals surface area contributed by atoms with E-state index in [1.54, 1.807) is 11.1 Å². The SMILES string of the molecule is CCCCCCCCC1(CCCCCCCC)c2cc3c(cc2-c2cc4c(cc21)-c1c(cc(-c2ccc(-c5cccc(-c6cccc7c6oc6ccccc67)c5)c(-c5ccccc5)c2)c2ccccc12)C4(C)C)C(C)(C)c1cc(-c2ccc(-c4cccc(-c5cccc6c5oc5ccccc56)c4)c(-c4ccccc4)c2)c2ccccc2c1-3. The maximum absolute atomic E-state index is 6.64. The first-order valence-corrected chi connectivity index (χ1v) is 43.4. The number of furan rings is 2. The topological polar surface area (TPSA) is 26.3 Å². The van der Waals surface area contributed by atoms with E-state index in [0.717, 1.165) is 79.0 Å². The third-order valence-corrected chi connectivity index (χ3v) is 27.5.